The maximum atomic E-state index is 13.5. The van der Waals surface area contributed by atoms with Crippen LogP contribution in [0.5, 0.6) is 0 Å². The number of halogens is 2. The Labute approximate surface area is 209 Å². The Morgan fingerprint density at radius 1 is 1.26 bits per heavy atom. The second-order valence-electron chi connectivity index (χ2n) is 8.85. The monoisotopic (exact) mass is 504 g/mol. The number of nitrogens with one attached hydrogen (secondary N) is 2. The van der Waals surface area contributed by atoms with Crippen molar-refractivity contribution in [1.29, 1.82) is 0 Å². The Bertz CT molecular complexity index is 1030. The van der Waals surface area contributed by atoms with E-state index < -0.39 is 12.1 Å². The molecule has 0 spiro atoms. The van der Waals surface area contributed by atoms with Crippen LogP contribution in [-0.4, -0.2) is 73.3 Å². The Balaban J connectivity index is 1.41. The van der Waals surface area contributed by atoms with Gasteiger partial charge in [0, 0.05) is 33.0 Å². The molecule has 1 saturated heterocycles. The number of rotatable bonds is 9. The number of pyridine rings is 1. The van der Waals surface area contributed by atoms with Crippen molar-refractivity contribution in [3.63, 3.8) is 0 Å². The lowest BCUT2D eigenvalue weighted by Gasteiger charge is -2.34. The number of ether oxygens (including phenoxy) is 2. The topological polar surface area (TPSA) is 92.8 Å². The van der Waals surface area contributed by atoms with E-state index in [4.69, 9.17) is 21.1 Å². The molecule has 8 nitrogen and oxygen atoms in total. The number of fused-ring (bicyclic) bond motifs is 1. The normalized spacial score (nSPS) is 18.6. The van der Waals surface area contributed by atoms with Gasteiger partial charge in [0.25, 0.3) is 0 Å². The van der Waals surface area contributed by atoms with Gasteiger partial charge in [-0.2, -0.15) is 0 Å². The Kier molecular flexibility index (Phi) is 8.54. The molecule has 188 valence electrons. The van der Waals surface area contributed by atoms with Crippen molar-refractivity contribution in [2.45, 2.75) is 43.9 Å². The van der Waals surface area contributed by atoms with E-state index in [-0.39, 0.29) is 30.2 Å². The number of benzene rings is 1. The summed E-state index contributed by atoms with van der Waals surface area (Å²) in [6.45, 7) is 2.15. The standard InChI is InChI=1S/C25H30ClFN4O4/c1-34-10-11-35-19-6-8-31(9-7-19)25(33)21(12-16-2-4-18(27)5-3-16)30-24(32)20-13-17-14-23(26)28-15-22(17)29-20/h2-5,14-15,19-21,29H,6-13H2,1H3,(H,30,32)/t20?,21-/m0/s1. The highest BCUT2D eigenvalue weighted by molar-refractivity contribution is 6.29. The number of methoxy groups -OCH3 is 1. The average molecular weight is 505 g/mol. The first-order valence-electron chi connectivity index (χ1n) is 11.8. The van der Waals surface area contributed by atoms with Crippen molar-refractivity contribution in [1.82, 2.24) is 15.2 Å². The molecule has 0 aliphatic carbocycles. The zero-order valence-electron chi connectivity index (χ0n) is 19.6. The van der Waals surface area contributed by atoms with Gasteiger partial charge in [0.2, 0.25) is 11.8 Å². The van der Waals surface area contributed by atoms with Crippen LogP contribution in [0.4, 0.5) is 10.1 Å². The molecular formula is C25H30ClFN4O4. The molecule has 0 radical (unpaired) electrons. The van der Waals surface area contributed by atoms with Gasteiger partial charge in [-0.3, -0.25) is 9.59 Å². The molecule has 35 heavy (non-hydrogen) atoms. The number of nitrogens with zero attached hydrogens (tertiary/aromatic N) is 2. The Morgan fingerprint density at radius 3 is 2.71 bits per heavy atom. The summed E-state index contributed by atoms with van der Waals surface area (Å²) in [7, 11) is 1.63. The van der Waals surface area contributed by atoms with Crippen molar-refractivity contribution in [3.05, 3.63) is 58.6 Å². The molecule has 1 fully saturated rings. The van der Waals surface area contributed by atoms with Gasteiger partial charge in [-0.05, 0) is 42.2 Å². The summed E-state index contributed by atoms with van der Waals surface area (Å²) in [4.78, 5) is 32.4. The van der Waals surface area contributed by atoms with Gasteiger partial charge in [-0.1, -0.05) is 23.7 Å². The molecule has 2 aromatic rings. The predicted molar refractivity (Wildman–Crippen MR) is 130 cm³/mol. The fourth-order valence-electron chi connectivity index (χ4n) is 4.47. The molecule has 1 unspecified atom stereocenters. The lowest BCUT2D eigenvalue weighted by atomic mass is 10.0. The van der Waals surface area contributed by atoms with Crippen LogP contribution < -0.4 is 10.6 Å². The van der Waals surface area contributed by atoms with Gasteiger partial charge >= 0.3 is 0 Å². The van der Waals surface area contributed by atoms with Crippen molar-refractivity contribution in [3.8, 4) is 0 Å². The maximum Gasteiger partial charge on any atom is 0.245 e. The van der Waals surface area contributed by atoms with E-state index in [2.05, 4.69) is 15.6 Å². The molecule has 2 amide bonds. The van der Waals surface area contributed by atoms with Gasteiger partial charge in [0.15, 0.2) is 0 Å². The predicted octanol–water partition coefficient (Wildman–Crippen LogP) is 2.59. The Hall–Kier alpha value is -2.75. The molecule has 3 heterocycles. The molecule has 1 aromatic heterocycles. The summed E-state index contributed by atoms with van der Waals surface area (Å²) < 4.78 is 24.2. The summed E-state index contributed by atoms with van der Waals surface area (Å²) in [5.74, 6) is -0.787. The van der Waals surface area contributed by atoms with E-state index in [1.807, 2.05) is 0 Å². The quantitative estimate of drug-likeness (QED) is 0.403. The molecular weight excluding hydrogens is 475 g/mol. The largest absolute Gasteiger partial charge is 0.382 e. The van der Waals surface area contributed by atoms with Crippen molar-refractivity contribution in [2.75, 3.05) is 38.7 Å². The first-order valence-corrected chi connectivity index (χ1v) is 12.2. The fraction of sp³-hybridized carbons (Fsp3) is 0.480. The zero-order valence-corrected chi connectivity index (χ0v) is 20.4. The average Bonchev–Trinajstić information content (AvgIpc) is 3.28. The minimum absolute atomic E-state index is 0.0842. The van der Waals surface area contributed by atoms with Crippen LogP contribution >= 0.6 is 11.6 Å². The third kappa shape index (κ3) is 6.68. The number of likely N-dealkylation sites (tertiary alicyclic amines) is 1. The lowest BCUT2D eigenvalue weighted by molar-refractivity contribution is -0.139. The molecule has 0 bridgehead atoms. The van der Waals surface area contributed by atoms with Gasteiger partial charge in [0.1, 0.15) is 23.1 Å². The smallest absolute Gasteiger partial charge is 0.245 e. The molecule has 10 heteroatoms. The molecule has 2 aliphatic heterocycles. The highest BCUT2D eigenvalue weighted by Gasteiger charge is 2.33. The van der Waals surface area contributed by atoms with Crippen LogP contribution in [0, 0.1) is 5.82 Å². The van der Waals surface area contributed by atoms with E-state index in [9.17, 15) is 14.0 Å². The second kappa shape index (κ2) is 11.8. The molecule has 4 rings (SSSR count). The van der Waals surface area contributed by atoms with E-state index >= 15 is 0 Å². The number of amides is 2. The van der Waals surface area contributed by atoms with E-state index in [1.54, 1.807) is 36.4 Å². The summed E-state index contributed by atoms with van der Waals surface area (Å²) in [6, 6.07) is 6.40. The number of aromatic nitrogens is 1. The van der Waals surface area contributed by atoms with Crippen molar-refractivity contribution >= 4 is 29.1 Å². The minimum atomic E-state index is -0.772. The first-order chi connectivity index (χ1) is 16.9. The second-order valence-corrected chi connectivity index (χ2v) is 9.23. The van der Waals surface area contributed by atoms with Crippen LogP contribution in [0.3, 0.4) is 0 Å². The SMILES string of the molecule is COCCOC1CCN(C(=O)[C@H](Cc2ccc(F)cc2)NC(=O)C2Cc3cc(Cl)ncc3N2)CC1. The minimum Gasteiger partial charge on any atom is -0.382 e. The van der Waals surface area contributed by atoms with Gasteiger partial charge in [-0.15, -0.1) is 0 Å². The Morgan fingerprint density at radius 2 is 2.00 bits per heavy atom. The maximum absolute atomic E-state index is 13.5. The van der Waals surface area contributed by atoms with Crippen LogP contribution in [0.15, 0.2) is 36.5 Å². The molecule has 2 aliphatic rings. The number of carbonyl (C=O) groups excluding carboxylic acids is 2. The lowest BCUT2D eigenvalue weighted by Crippen LogP contribution is -2.54. The third-order valence-corrected chi connectivity index (χ3v) is 6.60. The highest BCUT2D eigenvalue weighted by atomic mass is 35.5. The highest BCUT2D eigenvalue weighted by Crippen LogP contribution is 2.27. The third-order valence-electron chi connectivity index (χ3n) is 6.39. The summed E-state index contributed by atoms with van der Waals surface area (Å²) in [5, 5.41) is 6.45. The summed E-state index contributed by atoms with van der Waals surface area (Å²) in [6.07, 6.45) is 3.85. The number of piperidine rings is 1. The van der Waals surface area contributed by atoms with Crippen molar-refractivity contribution in [2.24, 2.45) is 0 Å². The van der Waals surface area contributed by atoms with Crippen LogP contribution in [0.1, 0.15) is 24.0 Å². The molecule has 2 atom stereocenters. The van der Waals surface area contributed by atoms with E-state index in [0.29, 0.717) is 37.9 Å². The van der Waals surface area contributed by atoms with Crippen LogP contribution in [0.2, 0.25) is 5.15 Å². The van der Waals surface area contributed by atoms with Crippen LogP contribution in [-0.2, 0) is 31.9 Å². The number of hydrogen-bond donors (Lipinski definition) is 2. The van der Waals surface area contributed by atoms with Crippen molar-refractivity contribution < 1.29 is 23.5 Å². The molecule has 1 aromatic carbocycles. The number of carbonyl (C=O) groups is 2. The fourth-order valence-corrected chi connectivity index (χ4v) is 4.65. The van der Waals surface area contributed by atoms with E-state index in [1.165, 1.54) is 12.1 Å². The van der Waals surface area contributed by atoms with Gasteiger partial charge in [-0.25, -0.2) is 9.37 Å². The number of hydrogen-bond acceptors (Lipinski definition) is 6. The van der Waals surface area contributed by atoms with Crippen LogP contribution in [0.25, 0.3) is 0 Å². The summed E-state index contributed by atoms with van der Waals surface area (Å²) in [5.41, 5.74) is 2.43. The zero-order chi connectivity index (χ0) is 24.8. The summed E-state index contributed by atoms with van der Waals surface area (Å²) >= 11 is 5.98. The van der Waals surface area contributed by atoms with E-state index in [0.717, 1.165) is 29.7 Å². The van der Waals surface area contributed by atoms with Gasteiger partial charge in [0.05, 0.1) is 31.2 Å². The first kappa shape index (κ1) is 25.3. The molecule has 0 saturated carbocycles. The van der Waals surface area contributed by atoms with Gasteiger partial charge < -0.3 is 25.0 Å². The number of anilines is 1. The molecule has 2 N–H and O–H groups in total.